The molecule has 0 fully saturated rings. The minimum absolute atomic E-state index is 0.0949. The molecule has 0 saturated heterocycles. The molecule has 0 aliphatic rings. The predicted molar refractivity (Wildman–Crippen MR) is 48.6 cm³/mol. The Hall–Kier alpha value is -1.45. The van der Waals surface area contributed by atoms with Gasteiger partial charge in [-0.15, -0.1) is 0 Å². The molecule has 1 aromatic rings. The Balaban J connectivity index is 2.89. The van der Waals surface area contributed by atoms with Crippen LogP contribution in [0.25, 0.3) is 0 Å². The molecule has 0 aliphatic carbocycles. The summed E-state index contributed by atoms with van der Waals surface area (Å²) >= 11 is 0. The largest absolute Gasteiger partial charge is 0.345 e. The van der Waals surface area contributed by atoms with E-state index in [0.29, 0.717) is 12.1 Å². The van der Waals surface area contributed by atoms with Crippen LogP contribution in [-0.4, -0.2) is 15.8 Å². The van der Waals surface area contributed by atoms with E-state index < -0.39 is 0 Å². The maximum atomic E-state index is 11.1. The number of hydrogen-bond donors (Lipinski definition) is 1. The summed E-state index contributed by atoms with van der Waals surface area (Å²) in [5.41, 5.74) is 0.894. The molecule has 0 radical (unpaired) electrons. The number of carbonyl (C=O) groups excluding carboxylic acids is 1. The van der Waals surface area contributed by atoms with Gasteiger partial charge in [-0.1, -0.05) is 6.92 Å². The number of aromatic amines is 1. The van der Waals surface area contributed by atoms with E-state index >= 15 is 0 Å². The quantitative estimate of drug-likeness (QED) is 0.740. The number of aromatic nitrogens is 2. The molecule has 0 saturated carbocycles. The number of rotatable bonds is 3. The minimum Gasteiger partial charge on any atom is -0.310 e. The number of ketones is 1. The lowest BCUT2D eigenvalue weighted by Gasteiger charge is -1.98. The normalized spacial score (nSPS) is 10.0. The highest BCUT2D eigenvalue weighted by Gasteiger charge is 2.03. The summed E-state index contributed by atoms with van der Waals surface area (Å²) in [7, 11) is 0. The van der Waals surface area contributed by atoms with Crippen molar-refractivity contribution in [3.63, 3.8) is 0 Å². The molecule has 1 rings (SSSR count). The van der Waals surface area contributed by atoms with Gasteiger partial charge in [0.05, 0.1) is 5.69 Å². The average molecular weight is 180 g/mol. The monoisotopic (exact) mass is 180 g/mol. The number of H-pyrrole nitrogens is 1. The van der Waals surface area contributed by atoms with E-state index in [9.17, 15) is 9.59 Å². The standard InChI is InChI=1S/C9H12N2O2/c1-3-8(12)5-7-4-6(2)10-9(13)11-7/h4H,3,5H2,1-2H3,(H,10,11,13). The summed E-state index contributed by atoms with van der Waals surface area (Å²) in [5, 5.41) is 0. The van der Waals surface area contributed by atoms with Crippen molar-refractivity contribution in [2.75, 3.05) is 0 Å². The van der Waals surface area contributed by atoms with Gasteiger partial charge >= 0.3 is 5.69 Å². The first kappa shape index (κ1) is 9.64. The molecule has 0 atom stereocenters. The smallest absolute Gasteiger partial charge is 0.310 e. The lowest BCUT2D eigenvalue weighted by Crippen LogP contribution is -2.15. The molecular formula is C9H12N2O2. The van der Waals surface area contributed by atoms with Gasteiger partial charge in [-0.05, 0) is 13.0 Å². The van der Waals surface area contributed by atoms with Crippen molar-refractivity contribution in [1.82, 2.24) is 9.97 Å². The summed E-state index contributed by atoms with van der Waals surface area (Å²) in [4.78, 5) is 28.2. The Kier molecular flexibility index (Phi) is 2.95. The number of hydrogen-bond acceptors (Lipinski definition) is 3. The van der Waals surface area contributed by atoms with Gasteiger partial charge in [0.15, 0.2) is 0 Å². The Bertz CT molecular complexity index is 368. The van der Waals surface area contributed by atoms with Gasteiger partial charge in [0.2, 0.25) is 0 Å². The fourth-order valence-corrected chi connectivity index (χ4v) is 1.06. The van der Waals surface area contributed by atoms with Crippen LogP contribution in [0.1, 0.15) is 24.7 Å². The molecule has 4 heteroatoms. The maximum absolute atomic E-state index is 11.1. The van der Waals surface area contributed by atoms with Crippen LogP contribution < -0.4 is 5.69 Å². The van der Waals surface area contributed by atoms with Gasteiger partial charge in [0.1, 0.15) is 5.78 Å². The fraction of sp³-hybridized carbons (Fsp3) is 0.444. The second-order valence-corrected chi connectivity index (χ2v) is 2.93. The first-order chi connectivity index (χ1) is 6.11. The van der Waals surface area contributed by atoms with E-state index in [1.807, 2.05) is 0 Å². The predicted octanol–water partition coefficient (Wildman–Crippen LogP) is 0.600. The molecule has 4 nitrogen and oxygen atoms in total. The third-order valence-corrected chi connectivity index (χ3v) is 1.70. The van der Waals surface area contributed by atoms with Crippen molar-refractivity contribution in [3.05, 3.63) is 27.9 Å². The molecule has 1 N–H and O–H groups in total. The Morgan fingerprint density at radius 3 is 2.85 bits per heavy atom. The Morgan fingerprint density at radius 2 is 2.31 bits per heavy atom. The van der Waals surface area contributed by atoms with Gasteiger partial charge in [-0.25, -0.2) is 4.79 Å². The lowest BCUT2D eigenvalue weighted by molar-refractivity contribution is -0.118. The van der Waals surface area contributed by atoms with Crippen LogP contribution in [0.2, 0.25) is 0 Å². The molecule has 0 amide bonds. The van der Waals surface area contributed by atoms with E-state index in [0.717, 1.165) is 5.69 Å². The van der Waals surface area contributed by atoms with Gasteiger partial charge in [-0.3, -0.25) is 4.79 Å². The molecule has 0 spiro atoms. The van der Waals surface area contributed by atoms with Gasteiger partial charge in [0, 0.05) is 18.5 Å². The summed E-state index contributed by atoms with van der Waals surface area (Å²) in [6.07, 6.45) is 0.731. The topological polar surface area (TPSA) is 62.8 Å². The van der Waals surface area contributed by atoms with Crippen LogP contribution in [0, 0.1) is 6.92 Å². The molecule has 0 unspecified atom stereocenters. The summed E-state index contributed by atoms with van der Waals surface area (Å²) < 4.78 is 0. The van der Waals surface area contributed by atoms with Crippen LogP contribution in [0.5, 0.6) is 0 Å². The van der Waals surface area contributed by atoms with E-state index in [1.54, 1.807) is 19.9 Å². The summed E-state index contributed by atoms with van der Waals surface area (Å²) in [5.74, 6) is 0.0949. The second-order valence-electron chi connectivity index (χ2n) is 2.93. The molecule has 1 heterocycles. The second kappa shape index (κ2) is 3.98. The third kappa shape index (κ3) is 2.82. The van der Waals surface area contributed by atoms with Crippen LogP contribution in [0.3, 0.4) is 0 Å². The molecule has 1 aromatic heterocycles. The molecular weight excluding hydrogens is 168 g/mol. The van der Waals surface area contributed by atoms with Crippen molar-refractivity contribution in [3.8, 4) is 0 Å². The molecule has 0 bridgehead atoms. The summed E-state index contributed by atoms with van der Waals surface area (Å²) in [6, 6.07) is 1.72. The molecule has 13 heavy (non-hydrogen) atoms. The fourth-order valence-electron chi connectivity index (χ4n) is 1.06. The number of carbonyl (C=O) groups is 1. The van der Waals surface area contributed by atoms with Crippen LogP contribution in [0.15, 0.2) is 10.9 Å². The van der Waals surface area contributed by atoms with Crippen molar-refractivity contribution in [1.29, 1.82) is 0 Å². The highest BCUT2D eigenvalue weighted by Crippen LogP contribution is 1.97. The number of aryl methyl sites for hydroxylation is 1. The molecule has 0 aliphatic heterocycles. The molecule has 0 aromatic carbocycles. The average Bonchev–Trinajstić information content (AvgIpc) is 2.02. The SMILES string of the molecule is CCC(=O)Cc1cc(C)[nH]c(=O)n1. The Morgan fingerprint density at radius 1 is 1.62 bits per heavy atom. The highest BCUT2D eigenvalue weighted by atomic mass is 16.1. The van der Waals surface area contributed by atoms with Gasteiger partial charge < -0.3 is 4.98 Å². The van der Waals surface area contributed by atoms with Gasteiger partial charge in [-0.2, -0.15) is 4.98 Å². The lowest BCUT2D eigenvalue weighted by atomic mass is 10.1. The zero-order valence-corrected chi connectivity index (χ0v) is 7.76. The third-order valence-electron chi connectivity index (χ3n) is 1.70. The van der Waals surface area contributed by atoms with Crippen molar-refractivity contribution in [2.45, 2.75) is 26.7 Å². The minimum atomic E-state index is -0.390. The summed E-state index contributed by atoms with van der Waals surface area (Å²) in [6.45, 7) is 3.56. The first-order valence-electron chi connectivity index (χ1n) is 4.20. The zero-order chi connectivity index (χ0) is 9.84. The van der Waals surface area contributed by atoms with Crippen molar-refractivity contribution >= 4 is 5.78 Å². The highest BCUT2D eigenvalue weighted by molar-refractivity contribution is 5.80. The van der Waals surface area contributed by atoms with Crippen LogP contribution >= 0.6 is 0 Å². The zero-order valence-electron chi connectivity index (χ0n) is 7.76. The Labute approximate surface area is 76.0 Å². The van der Waals surface area contributed by atoms with Crippen molar-refractivity contribution in [2.24, 2.45) is 0 Å². The van der Waals surface area contributed by atoms with E-state index in [2.05, 4.69) is 9.97 Å². The number of Topliss-reactive ketones (excluding diaryl/α,β-unsaturated/α-hetero) is 1. The van der Waals surface area contributed by atoms with E-state index in [4.69, 9.17) is 0 Å². The number of nitrogens with zero attached hydrogens (tertiary/aromatic N) is 1. The van der Waals surface area contributed by atoms with Crippen LogP contribution in [0.4, 0.5) is 0 Å². The van der Waals surface area contributed by atoms with Crippen molar-refractivity contribution < 1.29 is 4.79 Å². The maximum Gasteiger partial charge on any atom is 0.345 e. The van der Waals surface area contributed by atoms with E-state index in [-0.39, 0.29) is 17.9 Å². The van der Waals surface area contributed by atoms with Gasteiger partial charge in [0.25, 0.3) is 0 Å². The van der Waals surface area contributed by atoms with E-state index in [1.165, 1.54) is 0 Å². The van der Waals surface area contributed by atoms with Crippen LogP contribution in [-0.2, 0) is 11.2 Å². The number of nitrogens with one attached hydrogen (secondary N) is 1. The molecule has 70 valence electrons. The first-order valence-corrected chi connectivity index (χ1v) is 4.20.